The molecular weight excluding hydrogens is 260 g/mol. The van der Waals surface area contributed by atoms with Gasteiger partial charge in [0.05, 0.1) is 5.56 Å². The number of nitrogens with two attached hydrogens (primary N) is 1. The number of nitrogens with zero attached hydrogens (tertiary/aromatic N) is 3. The van der Waals surface area contributed by atoms with E-state index in [0.717, 1.165) is 43.7 Å². The highest BCUT2D eigenvalue weighted by molar-refractivity contribution is 5.57. The summed E-state index contributed by atoms with van der Waals surface area (Å²) < 4.78 is 0. The van der Waals surface area contributed by atoms with Crippen LogP contribution in [0.1, 0.15) is 42.5 Å². The molecule has 1 aromatic heterocycles. The van der Waals surface area contributed by atoms with Crippen molar-refractivity contribution < 1.29 is 0 Å². The first-order valence-electron chi connectivity index (χ1n) is 8.19. The summed E-state index contributed by atoms with van der Waals surface area (Å²) in [6, 6.07) is 4.76. The third-order valence-electron chi connectivity index (χ3n) is 5.60. The number of aryl methyl sites for hydroxylation is 2. The van der Waals surface area contributed by atoms with E-state index in [4.69, 9.17) is 10.7 Å². The van der Waals surface area contributed by atoms with E-state index >= 15 is 0 Å². The lowest BCUT2D eigenvalue weighted by Gasteiger charge is -2.29. The van der Waals surface area contributed by atoms with Crippen molar-refractivity contribution in [1.82, 2.24) is 4.98 Å². The van der Waals surface area contributed by atoms with Crippen LogP contribution in [0.5, 0.6) is 0 Å². The van der Waals surface area contributed by atoms with Crippen LogP contribution in [0.3, 0.4) is 0 Å². The maximum absolute atomic E-state index is 9.48. The molecule has 3 aliphatic rings. The van der Waals surface area contributed by atoms with E-state index in [1.807, 2.05) is 0 Å². The van der Waals surface area contributed by atoms with Gasteiger partial charge in [-0.15, -0.1) is 0 Å². The van der Waals surface area contributed by atoms with Crippen molar-refractivity contribution >= 4 is 5.82 Å². The van der Waals surface area contributed by atoms with Gasteiger partial charge in [-0.25, -0.2) is 4.98 Å². The molecule has 2 heterocycles. The number of fused-ring (bicyclic) bond motifs is 2. The van der Waals surface area contributed by atoms with Crippen molar-refractivity contribution in [3.63, 3.8) is 0 Å². The smallest absolute Gasteiger partial charge is 0.146 e. The van der Waals surface area contributed by atoms with Crippen LogP contribution in [0.2, 0.25) is 0 Å². The number of rotatable bonds is 1. The van der Waals surface area contributed by atoms with E-state index in [-0.39, 0.29) is 0 Å². The van der Waals surface area contributed by atoms with Crippen LogP contribution in [-0.2, 0) is 12.8 Å². The van der Waals surface area contributed by atoms with Gasteiger partial charge in [-0.2, -0.15) is 5.26 Å². The molecule has 0 spiro atoms. The highest BCUT2D eigenvalue weighted by Gasteiger charge is 2.40. The second kappa shape index (κ2) is 4.99. The molecule has 2 N–H and O–H groups in total. The van der Waals surface area contributed by atoms with Crippen LogP contribution in [0, 0.1) is 23.2 Å². The van der Waals surface area contributed by atoms with E-state index in [2.05, 4.69) is 17.0 Å². The number of hydrogen-bond donors (Lipinski definition) is 1. The molecule has 2 fully saturated rings. The zero-order chi connectivity index (χ0) is 14.4. The molecule has 0 radical (unpaired) electrons. The Morgan fingerprint density at radius 1 is 1.24 bits per heavy atom. The van der Waals surface area contributed by atoms with Crippen LogP contribution in [0.25, 0.3) is 0 Å². The van der Waals surface area contributed by atoms with Crippen LogP contribution in [-0.4, -0.2) is 24.1 Å². The van der Waals surface area contributed by atoms with Gasteiger partial charge in [-0.1, -0.05) is 6.42 Å². The predicted molar refractivity (Wildman–Crippen MR) is 82.0 cm³/mol. The molecule has 1 saturated carbocycles. The fourth-order valence-corrected chi connectivity index (χ4v) is 4.47. The SMILES string of the molecule is N#Cc1cc2c(nc1N1CC3CCCC(N)C3C1)CCC2. The largest absolute Gasteiger partial charge is 0.355 e. The molecule has 0 amide bonds. The van der Waals surface area contributed by atoms with Crippen molar-refractivity contribution in [2.24, 2.45) is 17.6 Å². The molecule has 4 rings (SSSR count). The van der Waals surface area contributed by atoms with Crippen LogP contribution >= 0.6 is 0 Å². The topological polar surface area (TPSA) is 65.9 Å². The van der Waals surface area contributed by atoms with Crippen molar-refractivity contribution in [2.75, 3.05) is 18.0 Å². The highest BCUT2D eigenvalue weighted by atomic mass is 15.2. The summed E-state index contributed by atoms with van der Waals surface area (Å²) in [5.41, 5.74) is 9.55. The fourth-order valence-electron chi connectivity index (χ4n) is 4.47. The molecule has 2 aliphatic carbocycles. The summed E-state index contributed by atoms with van der Waals surface area (Å²) in [5.74, 6) is 2.19. The van der Waals surface area contributed by atoms with Gasteiger partial charge in [-0.05, 0) is 55.6 Å². The van der Waals surface area contributed by atoms with Crippen molar-refractivity contribution in [1.29, 1.82) is 5.26 Å². The Morgan fingerprint density at radius 2 is 2.14 bits per heavy atom. The Hall–Kier alpha value is -1.60. The first kappa shape index (κ1) is 13.1. The third-order valence-corrected chi connectivity index (χ3v) is 5.60. The molecule has 4 heteroatoms. The van der Waals surface area contributed by atoms with Crippen LogP contribution in [0.15, 0.2) is 6.07 Å². The molecule has 21 heavy (non-hydrogen) atoms. The van der Waals surface area contributed by atoms with Crippen molar-refractivity contribution in [3.05, 3.63) is 22.9 Å². The van der Waals surface area contributed by atoms with Crippen molar-refractivity contribution in [2.45, 2.75) is 44.6 Å². The summed E-state index contributed by atoms with van der Waals surface area (Å²) in [6.45, 7) is 2.01. The quantitative estimate of drug-likeness (QED) is 0.855. The lowest BCUT2D eigenvalue weighted by Crippen LogP contribution is -2.38. The molecule has 1 saturated heterocycles. The fraction of sp³-hybridized carbons (Fsp3) is 0.647. The molecule has 0 bridgehead atoms. The minimum atomic E-state index is 0.328. The minimum absolute atomic E-state index is 0.328. The lowest BCUT2D eigenvalue weighted by molar-refractivity contribution is 0.260. The summed E-state index contributed by atoms with van der Waals surface area (Å²) in [6.07, 6.45) is 6.99. The highest BCUT2D eigenvalue weighted by Crippen LogP contribution is 2.38. The Bertz CT molecular complexity index is 604. The third kappa shape index (κ3) is 2.11. The molecule has 110 valence electrons. The predicted octanol–water partition coefficient (Wildman–Crippen LogP) is 2.01. The van der Waals surface area contributed by atoms with Gasteiger partial charge in [0, 0.05) is 24.8 Å². The molecule has 3 atom stereocenters. The average Bonchev–Trinajstić information content (AvgIpc) is 3.12. The maximum atomic E-state index is 9.48. The van der Waals surface area contributed by atoms with Gasteiger partial charge in [0.2, 0.25) is 0 Å². The number of nitriles is 1. The molecule has 1 aromatic rings. The van der Waals surface area contributed by atoms with Gasteiger partial charge in [0.15, 0.2) is 0 Å². The second-order valence-corrected chi connectivity index (χ2v) is 6.85. The number of aromatic nitrogens is 1. The minimum Gasteiger partial charge on any atom is -0.355 e. The summed E-state index contributed by atoms with van der Waals surface area (Å²) in [4.78, 5) is 7.18. The Kier molecular flexibility index (Phi) is 3.11. The number of anilines is 1. The monoisotopic (exact) mass is 282 g/mol. The molecule has 0 aromatic carbocycles. The standard InChI is InChI=1S/C17H22N4/c18-8-13-7-11-3-2-6-16(11)20-17(13)21-9-12-4-1-5-15(19)14(12)10-21/h7,12,14-15H,1-6,9-10,19H2. The van der Waals surface area contributed by atoms with Gasteiger partial charge in [-0.3, -0.25) is 0 Å². The van der Waals surface area contributed by atoms with E-state index in [1.165, 1.54) is 30.5 Å². The van der Waals surface area contributed by atoms with Crippen LogP contribution < -0.4 is 10.6 Å². The van der Waals surface area contributed by atoms with Gasteiger partial charge in [0.25, 0.3) is 0 Å². The average molecular weight is 282 g/mol. The Labute approximate surface area is 126 Å². The first-order valence-corrected chi connectivity index (χ1v) is 8.19. The van der Waals surface area contributed by atoms with E-state index < -0.39 is 0 Å². The molecular formula is C17H22N4. The van der Waals surface area contributed by atoms with Gasteiger partial charge in [0.1, 0.15) is 11.9 Å². The first-order chi connectivity index (χ1) is 10.3. The van der Waals surface area contributed by atoms with E-state index in [0.29, 0.717) is 17.9 Å². The molecule has 1 aliphatic heterocycles. The van der Waals surface area contributed by atoms with Crippen LogP contribution in [0.4, 0.5) is 5.82 Å². The summed E-state index contributed by atoms with van der Waals surface area (Å²) in [5, 5.41) is 9.48. The Balaban J connectivity index is 1.67. The number of hydrogen-bond acceptors (Lipinski definition) is 4. The van der Waals surface area contributed by atoms with Gasteiger partial charge >= 0.3 is 0 Å². The number of pyridine rings is 1. The zero-order valence-electron chi connectivity index (χ0n) is 12.4. The normalized spacial score (nSPS) is 30.9. The molecule has 4 nitrogen and oxygen atoms in total. The summed E-state index contributed by atoms with van der Waals surface area (Å²) >= 11 is 0. The zero-order valence-corrected chi connectivity index (χ0v) is 12.4. The summed E-state index contributed by atoms with van der Waals surface area (Å²) in [7, 11) is 0. The second-order valence-electron chi connectivity index (χ2n) is 6.85. The maximum Gasteiger partial charge on any atom is 0.146 e. The lowest BCUT2D eigenvalue weighted by atomic mass is 9.78. The van der Waals surface area contributed by atoms with Gasteiger partial charge < -0.3 is 10.6 Å². The van der Waals surface area contributed by atoms with Crippen molar-refractivity contribution in [3.8, 4) is 6.07 Å². The Morgan fingerprint density at radius 3 is 2.95 bits per heavy atom. The van der Waals surface area contributed by atoms with E-state index in [1.54, 1.807) is 0 Å². The molecule has 3 unspecified atom stereocenters. The van der Waals surface area contributed by atoms with E-state index in [9.17, 15) is 5.26 Å².